The predicted octanol–water partition coefficient (Wildman–Crippen LogP) is 3.63. The second kappa shape index (κ2) is 6.36. The summed E-state index contributed by atoms with van der Waals surface area (Å²) in [5, 5.41) is 9.02. The maximum atomic E-state index is 12.5. The molecule has 2 aromatic rings. The number of aryl methyl sites for hydroxylation is 2. The van der Waals surface area contributed by atoms with Crippen LogP contribution in [0.2, 0.25) is 0 Å². The molecule has 0 atom stereocenters. The Balaban J connectivity index is 2.20. The standard InChI is InChI=1S/C16H16BrNO4/c1-9-4-5-11(17)6-13(9)15(19)18(3)8-12-7-14(16(20)21)10(2)22-12/h4-7H,8H2,1-3H3,(H,20,21). The molecule has 0 spiro atoms. The molecule has 1 N–H and O–H groups in total. The molecule has 0 fully saturated rings. The molecule has 0 aliphatic heterocycles. The van der Waals surface area contributed by atoms with Gasteiger partial charge in [0.1, 0.15) is 17.1 Å². The number of furan rings is 1. The van der Waals surface area contributed by atoms with Gasteiger partial charge in [0.15, 0.2) is 0 Å². The largest absolute Gasteiger partial charge is 0.478 e. The van der Waals surface area contributed by atoms with E-state index in [1.54, 1.807) is 20.0 Å². The minimum atomic E-state index is -1.04. The van der Waals surface area contributed by atoms with Crippen molar-refractivity contribution in [2.24, 2.45) is 0 Å². The van der Waals surface area contributed by atoms with E-state index < -0.39 is 5.97 Å². The smallest absolute Gasteiger partial charge is 0.339 e. The lowest BCUT2D eigenvalue weighted by Crippen LogP contribution is -2.26. The Labute approximate surface area is 136 Å². The van der Waals surface area contributed by atoms with Gasteiger partial charge in [-0.05, 0) is 37.6 Å². The average Bonchev–Trinajstić information content (AvgIpc) is 2.81. The summed E-state index contributed by atoms with van der Waals surface area (Å²) in [4.78, 5) is 25.0. The van der Waals surface area contributed by atoms with Crippen LogP contribution in [0.5, 0.6) is 0 Å². The average molecular weight is 366 g/mol. The molecule has 0 aliphatic carbocycles. The maximum Gasteiger partial charge on any atom is 0.339 e. The Kier molecular flexibility index (Phi) is 4.71. The summed E-state index contributed by atoms with van der Waals surface area (Å²) in [5.41, 5.74) is 1.59. The van der Waals surface area contributed by atoms with Crippen LogP contribution in [0.15, 0.2) is 33.2 Å². The third-order valence-electron chi connectivity index (χ3n) is 3.37. The number of hydrogen-bond acceptors (Lipinski definition) is 3. The fourth-order valence-electron chi connectivity index (χ4n) is 2.17. The molecule has 6 heteroatoms. The third-order valence-corrected chi connectivity index (χ3v) is 3.86. The Hall–Kier alpha value is -2.08. The Morgan fingerprint density at radius 1 is 1.23 bits per heavy atom. The van der Waals surface area contributed by atoms with E-state index in [4.69, 9.17) is 9.52 Å². The summed E-state index contributed by atoms with van der Waals surface area (Å²) in [5.74, 6) is -0.408. The van der Waals surface area contributed by atoms with Gasteiger partial charge in [-0.2, -0.15) is 0 Å². The minimum absolute atomic E-state index is 0.120. The Morgan fingerprint density at radius 2 is 1.91 bits per heavy atom. The number of carbonyl (C=O) groups is 2. The zero-order valence-corrected chi connectivity index (χ0v) is 14.1. The topological polar surface area (TPSA) is 70.8 Å². The Bertz CT molecular complexity index is 736. The van der Waals surface area contributed by atoms with E-state index in [0.717, 1.165) is 10.0 Å². The van der Waals surface area contributed by atoms with Gasteiger partial charge in [0, 0.05) is 17.1 Å². The van der Waals surface area contributed by atoms with Crippen LogP contribution in [-0.4, -0.2) is 28.9 Å². The highest BCUT2D eigenvalue weighted by Gasteiger charge is 2.19. The van der Waals surface area contributed by atoms with Crippen LogP contribution in [0.4, 0.5) is 0 Å². The molecule has 1 amide bonds. The summed E-state index contributed by atoms with van der Waals surface area (Å²) < 4.78 is 6.23. The van der Waals surface area contributed by atoms with Gasteiger partial charge in [-0.25, -0.2) is 4.79 Å². The highest BCUT2D eigenvalue weighted by molar-refractivity contribution is 9.10. The number of carboxylic acid groups (broad SMARTS) is 1. The fraction of sp³-hybridized carbons (Fsp3) is 0.250. The van der Waals surface area contributed by atoms with E-state index in [2.05, 4.69) is 15.9 Å². The number of amides is 1. The normalized spacial score (nSPS) is 10.5. The summed E-state index contributed by atoms with van der Waals surface area (Å²) >= 11 is 3.35. The van der Waals surface area contributed by atoms with Crippen molar-refractivity contribution in [2.75, 3.05) is 7.05 Å². The quantitative estimate of drug-likeness (QED) is 0.897. The van der Waals surface area contributed by atoms with Gasteiger partial charge in [0.25, 0.3) is 5.91 Å². The molecule has 1 aromatic heterocycles. The molecule has 2 rings (SSSR count). The molecular weight excluding hydrogens is 350 g/mol. The van der Waals surface area contributed by atoms with Gasteiger partial charge < -0.3 is 14.4 Å². The molecule has 1 heterocycles. The van der Waals surface area contributed by atoms with E-state index in [0.29, 0.717) is 17.1 Å². The van der Waals surface area contributed by atoms with Gasteiger partial charge in [-0.3, -0.25) is 4.79 Å². The van der Waals surface area contributed by atoms with E-state index in [-0.39, 0.29) is 18.0 Å². The molecular formula is C16H16BrNO4. The third kappa shape index (κ3) is 3.39. The number of nitrogens with zero attached hydrogens (tertiary/aromatic N) is 1. The zero-order valence-electron chi connectivity index (χ0n) is 12.5. The van der Waals surface area contributed by atoms with Crippen molar-refractivity contribution in [3.05, 3.63) is 56.9 Å². The predicted molar refractivity (Wildman–Crippen MR) is 85.1 cm³/mol. The maximum absolute atomic E-state index is 12.5. The Morgan fingerprint density at radius 3 is 2.50 bits per heavy atom. The van der Waals surface area contributed by atoms with Crippen LogP contribution >= 0.6 is 15.9 Å². The molecule has 0 saturated carbocycles. The molecule has 5 nitrogen and oxygen atoms in total. The van der Waals surface area contributed by atoms with Gasteiger partial charge in [-0.1, -0.05) is 22.0 Å². The van der Waals surface area contributed by atoms with Crippen molar-refractivity contribution >= 4 is 27.8 Å². The van der Waals surface area contributed by atoms with Gasteiger partial charge in [-0.15, -0.1) is 0 Å². The van der Waals surface area contributed by atoms with Crippen LogP contribution < -0.4 is 0 Å². The SMILES string of the molecule is Cc1ccc(Br)cc1C(=O)N(C)Cc1cc(C(=O)O)c(C)o1. The van der Waals surface area contributed by atoms with Gasteiger partial charge in [0.05, 0.1) is 6.54 Å². The lowest BCUT2D eigenvalue weighted by molar-refractivity contribution is 0.0694. The van der Waals surface area contributed by atoms with Crippen molar-refractivity contribution in [1.29, 1.82) is 0 Å². The molecule has 0 aliphatic rings. The molecule has 0 bridgehead atoms. The summed E-state index contributed by atoms with van der Waals surface area (Å²) in [6.07, 6.45) is 0. The highest BCUT2D eigenvalue weighted by Crippen LogP contribution is 2.20. The molecule has 0 unspecified atom stereocenters. The number of rotatable bonds is 4. The van der Waals surface area contributed by atoms with Crippen molar-refractivity contribution in [3.63, 3.8) is 0 Å². The lowest BCUT2D eigenvalue weighted by Gasteiger charge is -2.17. The summed E-state index contributed by atoms with van der Waals surface area (Å²) in [6, 6.07) is 6.96. The van der Waals surface area contributed by atoms with Crippen molar-refractivity contribution in [3.8, 4) is 0 Å². The van der Waals surface area contributed by atoms with Crippen LogP contribution in [-0.2, 0) is 6.54 Å². The van der Waals surface area contributed by atoms with Crippen molar-refractivity contribution in [1.82, 2.24) is 4.90 Å². The number of carboxylic acids is 1. The lowest BCUT2D eigenvalue weighted by atomic mass is 10.1. The number of hydrogen-bond donors (Lipinski definition) is 1. The van der Waals surface area contributed by atoms with E-state index in [9.17, 15) is 9.59 Å². The van der Waals surface area contributed by atoms with Crippen molar-refractivity contribution in [2.45, 2.75) is 20.4 Å². The van der Waals surface area contributed by atoms with Gasteiger partial charge >= 0.3 is 5.97 Å². The van der Waals surface area contributed by atoms with Crippen molar-refractivity contribution < 1.29 is 19.1 Å². The molecule has 1 aromatic carbocycles. The van der Waals surface area contributed by atoms with E-state index >= 15 is 0 Å². The first kappa shape index (κ1) is 16.3. The van der Waals surface area contributed by atoms with Crippen LogP contribution in [0.3, 0.4) is 0 Å². The zero-order chi connectivity index (χ0) is 16.4. The number of carbonyl (C=O) groups excluding carboxylic acids is 1. The van der Waals surface area contributed by atoms with Crippen LogP contribution in [0.1, 0.15) is 37.8 Å². The molecule has 116 valence electrons. The first-order chi connectivity index (χ1) is 10.3. The summed E-state index contributed by atoms with van der Waals surface area (Å²) in [6.45, 7) is 3.67. The van der Waals surface area contributed by atoms with Crippen LogP contribution in [0, 0.1) is 13.8 Å². The molecule has 0 saturated heterocycles. The number of benzene rings is 1. The van der Waals surface area contributed by atoms with Gasteiger partial charge in [0.2, 0.25) is 0 Å². The summed E-state index contributed by atoms with van der Waals surface area (Å²) in [7, 11) is 1.65. The second-order valence-electron chi connectivity index (χ2n) is 5.11. The fourth-order valence-corrected chi connectivity index (χ4v) is 2.53. The first-order valence-corrected chi connectivity index (χ1v) is 7.43. The van der Waals surface area contributed by atoms with E-state index in [1.165, 1.54) is 11.0 Å². The van der Waals surface area contributed by atoms with E-state index in [1.807, 2.05) is 19.1 Å². The molecule has 22 heavy (non-hydrogen) atoms. The monoisotopic (exact) mass is 365 g/mol. The minimum Gasteiger partial charge on any atom is -0.478 e. The number of halogens is 1. The number of aromatic carboxylic acids is 1. The first-order valence-electron chi connectivity index (χ1n) is 6.64. The highest BCUT2D eigenvalue weighted by atomic mass is 79.9. The molecule has 0 radical (unpaired) electrons. The van der Waals surface area contributed by atoms with Crippen LogP contribution in [0.25, 0.3) is 0 Å². The second-order valence-corrected chi connectivity index (χ2v) is 6.02.